The number of nitrogens with zero attached hydrogens (tertiary/aromatic N) is 1. The van der Waals surface area contributed by atoms with Gasteiger partial charge in [0.15, 0.2) is 0 Å². The molecule has 0 amide bonds. The molecule has 0 aromatic carbocycles. The van der Waals surface area contributed by atoms with Crippen LogP contribution in [0.5, 0.6) is 0 Å². The number of hydrogen-bond acceptors (Lipinski definition) is 2. The van der Waals surface area contributed by atoms with E-state index in [2.05, 4.69) is 4.98 Å². The Bertz CT molecular complexity index is 292. The van der Waals surface area contributed by atoms with E-state index in [0.717, 1.165) is 11.3 Å². The maximum absolute atomic E-state index is 7.31. The van der Waals surface area contributed by atoms with E-state index in [9.17, 15) is 0 Å². The van der Waals surface area contributed by atoms with Crippen LogP contribution in [0.2, 0.25) is 0 Å². The first-order valence-corrected chi connectivity index (χ1v) is 3.92. The number of nitrogens with two attached hydrogens (primary N) is 1. The molecule has 1 heterocycles. The van der Waals surface area contributed by atoms with Gasteiger partial charge in [-0.3, -0.25) is 10.4 Å². The Balaban J connectivity index is 3.17. The lowest BCUT2D eigenvalue weighted by Gasteiger charge is -2.08. The normalized spacial score (nSPS) is 10.2. The Hall–Kier alpha value is -1.38. The minimum atomic E-state index is 0.0896. The standard InChI is InChI=1S/C9H13N3/c1-6(2)8-7(9(10)11)4-3-5-12-8/h3-6H,1-2H3,(H3,10,11). The molecule has 3 nitrogen and oxygen atoms in total. The Morgan fingerprint density at radius 3 is 2.67 bits per heavy atom. The molecule has 1 aromatic heterocycles. The summed E-state index contributed by atoms with van der Waals surface area (Å²) in [5.41, 5.74) is 7.03. The van der Waals surface area contributed by atoms with E-state index >= 15 is 0 Å². The quantitative estimate of drug-likeness (QED) is 0.512. The molecule has 0 atom stereocenters. The van der Waals surface area contributed by atoms with Gasteiger partial charge in [-0.25, -0.2) is 0 Å². The molecule has 3 N–H and O–H groups in total. The van der Waals surface area contributed by atoms with Crippen LogP contribution in [0.3, 0.4) is 0 Å². The monoisotopic (exact) mass is 163 g/mol. The zero-order valence-electron chi connectivity index (χ0n) is 7.33. The van der Waals surface area contributed by atoms with Gasteiger partial charge in [0.25, 0.3) is 0 Å². The molecule has 1 aromatic rings. The average Bonchev–Trinajstić information content (AvgIpc) is 2.04. The lowest BCUT2D eigenvalue weighted by atomic mass is 10.0. The molecule has 0 unspecified atom stereocenters. The molecule has 0 radical (unpaired) electrons. The molecule has 0 saturated carbocycles. The average molecular weight is 163 g/mol. The minimum absolute atomic E-state index is 0.0896. The largest absolute Gasteiger partial charge is 0.384 e. The summed E-state index contributed by atoms with van der Waals surface area (Å²) in [6.45, 7) is 4.07. The van der Waals surface area contributed by atoms with E-state index in [4.69, 9.17) is 11.1 Å². The molecular formula is C9H13N3. The Morgan fingerprint density at radius 1 is 1.58 bits per heavy atom. The summed E-state index contributed by atoms with van der Waals surface area (Å²) in [7, 11) is 0. The lowest BCUT2D eigenvalue weighted by Crippen LogP contribution is -2.15. The van der Waals surface area contributed by atoms with E-state index < -0.39 is 0 Å². The molecule has 3 heteroatoms. The van der Waals surface area contributed by atoms with Gasteiger partial charge in [-0.1, -0.05) is 13.8 Å². The van der Waals surface area contributed by atoms with Crippen molar-refractivity contribution in [1.82, 2.24) is 4.98 Å². The van der Waals surface area contributed by atoms with Crippen LogP contribution in [0.15, 0.2) is 18.3 Å². The number of amidine groups is 1. The van der Waals surface area contributed by atoms with Crippen LogP contribution in [0.1, 0.15) is 31.0 Å². The second-order valence-corrected chi connectivity index (χ2v) is 3.00. The highest BCUT2D eigenvalue weighted by Crippen LogP contribution is 2.15. The Labute approximate surface area is 72.1 Å². The SMILES string of the molecule is CC(C)c1ncccc1C(=N)N. The number of aromatic nitrogens is 1. The van der Waals surface area contributed by atoms with E-state index in [-0.39, 0.29) is 5.84 Å². The van der Waals surface area contributed by atoms with Crippen molar-refractivity contribution < 1.29 is 0 Å². The predicted molar refractivity (Wildman–Crippen MR) is 49.3 cm³/mol. The first-order chi connectivity index (χ1) is 5.63. The molecule has 0 bridgehead atoms. The van der Waals surface area contributed by atoms with Gasteiger partial charge in [0, 0.05) is 11.8 Å². The van der Waals surface area contributed by atoms with Crippen molar-refractivity contribution >= 4 is 5.84 Å². The van der Waals surface area contributed by atoms with E-state index in [1.54, 1.807) is 12.3 Å². The van der Waals surface area contributed by atoms with Gasteiger partial charge in [0.1, 0.15) is 5.84 Å². The van der Waals surface area contributed by atoms with Crippen LogP contribution in [-0.2, 0) is 0 Å². The van der Waals surface area contributed by atoms with Crippen LogP contribution in [-0.4, -0.2) is 10.8 Å². The first-order valence-electron chi connectivity index (χ1n) is 3.92. The maximum Gasteiger partial charge on any atom is 0.124 e. The molecule has 0 aliphatic carbocycles. The van der Waals surface area contributed by atoms with Gasteiger partial charge in [-0.05, 0) is 18.1 Å². The van der Waals surface area contributed by atoms with Crippen LogP contribution in [0.4, 0.5) is 0 Å². The van der Waals surface area contributed by atoms with Crippen molar-refractivity contribution in [3.63, 3.8) is 0 Å². The van der Waals surface area contributed by atoms with Crippen molar-refractivity contribution in [2.75, 3.05) is 0 Å². The molecule has 0 aliphatic heterocycles. The summed E-state index contributed by atoms with van der Waals surface area (Å²) >= 11 is 0. The number of nitrogens with one attached hydrogen (secondary N) is 1. The topological polar surface area (TPSA) is 62.8 Å². The number of rotatable bonds is 2. The Kier molecular flexibility index (Phi) is 2.43. The fourth-order valence-corrected chi connectivity index (χ4v) is 1.11. The molecule has 64 valence electrons. The van der Waals surface area contributed by atoms with E-state index in [1.807, 2.05) is 19.9 Å². The fraction of sp³-hybridized carbons (Fsp3) is 0.333. The zero-order chi connectivity index (χ0) is 9.14. The summed E-state index contributed by atoms with van der Waals surface area (Å²) in [4.78, 5) is 4.18. The first kappa shape index (κ1) is 8.71. The second kappa shape index (κ2) is 3.34. The number of pyridine rings is 1. The molecule has 0 aliphatic rings. The van der Waals surface area contributed by atoms with Gasteiger partial charge in [0.05, 0.1) is 5.69 Å². The third-order valence-corrected chi connectivity index (χ3v) is 1.68. The summed E-state index contributed by atoms with van der Waals surface area (Å²) in [6, 6.07) is 3.62. The van der Waals surface area contributed by atoms with E-state index in [1.165, 1.54) is 0 Å². The summed E-state index contributed by atoms with van der Waals surface area (Å²) < 4.78 is 0. The minimum Gasteiger partial charge on any atom is -0.384 e. The Morgan fingerprint density at radius 2 is 2.25 bits per heavy atom. The molecule has 0 saturated heterocycles. The van der Waals surface area contributed by atoms with Crippen molar-refractivity contribution in [1.29, 1.82) is 5.41 Å². The van der Waals surface area contributed by atoms with Crippen molar-refractivity contribution in [2.45, 2.75) is 19.8 Å². The third kappa shape index (κ3) is 1.61. The number of nitrogen functional groups attached to an aromatic ring is 1. The molecule has 12 heavy (non-hydrogen) atoms. The number of hydrogen-bond donors (Lipinski definition) is 2. The van der Waals surface area contributed by atoms with Crippen LogP contribution < -0.4 is 5.73 Å². The second-order valence-electron chi connectivity index (χ2n) is 3.00. The predicted octanol–water partition coefficient (Wildman–Crippen LogP) is 1.49. The lowest BCUT2D eigenvalue weighted by molar-refractivity contribution is 0.819. The van der Waals surface area contributed by atoms with Crippen LogP contribution in [0.25, 0.3) is 0 Å². The van der Waals surface area contributed by atoms with Gasteiger partial charge in [-0.15, -0.1) is 0 Å². The summed E-state index contributed by atoms with van der Waals surface area (Å²) in [5.74, 6) is 0.400. The fourth-order valence-electron chi connectivity index (χ4n) is 1.11. The third-order valence-electron chi connectivity index (χ3n) is 1.68. The summed E-state index contributed by atoms with van der Waals surface area (Å²) in [6.07, 6.45) is 1.72. The smallest absolute Gasteiger partial charge is 0.124 e. The van der Waals surface area contributed by atoms with Crippen molar-refractivity contribution in [2.24, 2.45) is 5.73 Å². The highest BCUT2D eigenvalue weighted by atomic mass is 14.7. The van der Waals surface area contributed by atoms with Crippen molar-refractivity contribution in [3.8, 4) is 0 Å². The molecule has 0 spiro atoms. The molecule has 0 fully saturated rings. The van der Waals surface area contributed by atoms with Gasteiger partial charge >= 0.3 is 0 Å². The highest BCUT2D eigenvalue weighted by Gasteiger charge is 2.08. The maximum atomic E-state index is 7.31. The van der Waals surface area contributed by atoms with Gasteiger partial charge in [-0.2, -0.15) is 0 Å². The van der Waals surface area contributed by atoms with Crippen LogP contribution in [0, 0.1) is 5.41 Å². The summed E-state index contributed by atoms with van der Waals surface area (Å²) in [5, 5.41) is 7.31. The van der Waals surface area contributed by atoms with Crippen LogP contribution >= 0.6 is 0 Å². The molecular weight excluding hydrogens is 150 g/mol. The van der Waals surface area contributed by atoms with E-state index in [0.29, 0.717) is 5.92 Å². The van der Waals surface area contributed by atoms with Gasteiger partial charge in [0.2, 0.25) is 0 Å². The zero-order valence-corrected chi connectivity index (χ0v) is 7.33. The van der Waals surface area contributed by atoms with Gasteiger partial charge < -0.3 is 5.73 Å². The highest BCUT2D eigenvalue weighted by molar-refractivity contribution is 5.96. The van der Waals surface area contributed by atoms with Crippen molar-refractivity contribution in [3.05, 3.63) is 29.6 Å². The molecule has 1 rings (SSSR count).